The number of aromatic nitrogens is 2. The van der Waals surface area contributed by atoms with Crippen LogP contribution in [-0.4, -0.2) is 20.7 Å². The van der Waals surface area contributed by atoms with Gasteiger partial charge in [-0.2, -0.15) is 39.5 Å². The van der Waals surface area contributed by atoms with E-state index in [1.54, 1.807) is 0 Å². The van der Waals surface area contributed by atoms with Crippen LogP contribution < -0.4 is 5.56 Å². The van der Waals surface area contributed by atoms with Crippen molar-refractivity contribution in [2.45, 2.75) is 24.3 Å². The Bertz CT molecular complexity index is 1110. The van der Waals surface area contributed by atoms with Gasteiger partial charge in [0.2, 0.25) is 0 Å². The van der Waals surface area contributed by atoms with Crippen LogP contribution in [0.3, 0.4) is 0 Å². The van der Waals surface area contributed by atoms with E-state index in [0.29, 0.717) is 6.07 Å². The highest BCUT2D eigenvalue weighted by molar-refractivity contribution is 5.63. The number of hydrogen-bond acceptors (Lipinski definition) is 5. The molecule has 30 heavy (non-hydrogen) atoms. The number of ether oxygens (including phenoxy) is 1. The smallest absolute Gasteiger partial charge is 0.269 e. The Morgan fingerprint density at radius 2 is 1.67 bits per heavy atom. The molecule has 0 spiro atoms. The van der Waals surface area contributed by atoms with Crippen LogP contribution in [0.25, 0.3) is 5.69 Å². The molecule has 1 aliphatic heterocycles. The topological polar surface area (TPSA) is 87.3 Å². The lowest BCUT2D eigenvalue weighted by Crippen LogP contribution is -2.36. The molecule has 0 bridgehead atoms. The van der Waals surface area contributed by atoms with Crippen LogP contribution in [0.1, 0.15) is 16.8 Å². The third-order valence-corrected chi connectivity index (χ3v) is 3.95. The zero-order valence-electron chi connectivity index (χ0n) is 13.7. The van der Waals surface area contributed by atoms with Gasteiger partial charge in [-0.1, -0.05) is 0 Å². The van der Waals surface area contributed by atoms with Crippen LogP contribution in [-0.2, 0) is 22.9 Å². The van der Waals surface area contributed by atoms with E-state index in [0.717, 1.165) is 0 Å². The average molecular weight is 449 g/mol. The number of nitro benzene ring substituents is 1. The number of halogens is 9. The molecular formula is C14H4F9N3O4. The van der Waals surface area contributed by atoms with E-state index >= 15 is 0 Å². The highest BCUT2D eigenvalue weighted by Crippen LogP contribution is 2.55. The Hall–Kier alpha value is -3.17. The van der Waals surface area contributed by atoms with Crippen molar-refractivity contribution in [1.82, 2.24) is 9.55 Å². The molecule has 0 fully saturated rings. The van der Waals surface area contributed by atoms with Gasteiger partial charge in [0.25, 0.3) is 5.56 Å². The molecule has 0 amide bonds. The lowest BCUT2D eigenvalue weighted by Gasteiger charge is -2.19. The molecule has 2 aromatic rings. The summed E-state index contributed by atoms with van der Waals surface area (Å²) in [7, 11) is 0. The van der Waals surface area contributed by atoms with Crippen molar-refractivity contribution >= 4 is 5.69 Å². The molecule has 1 aromatic carbocycles. The Kier molecular flexibility index (Phi) is 4.42. The number of alkyl halides is 9. The normalized spacial score (nSPS) is 17.6. The lowest BCUT2D eigenvalue weighted by atomic mass is 10.0. The first-order chi connectivity index (χ1) is 13.5. The second-order valence-corrected chi connectivity index (χ2v) is 5.80. The molecule has 0 radical (unpaired) electrons. The van der Waals surface area contributed by atoms with E-state index in [1.807, 2.05) is 0 Å². The summed E-state index contributed by atoms with van der Waals surface area (Å²) in [5.41, 5.74) is -10.2. The van der Waals surface area contributed by atoms with Crippen molar-refractivity contribution in [1.29, 1.82) is 0 Å². The van der Waals surface area contributed by atoms with Gasteiger partial charge in [-0.15, -0.1) is 0 Å². The van der Waals surface area contributed by atoms with Gasteiger partial charge in [-0.25, -0.2) is 9.72 Å². The van der Waals surface area contributed by atoms with Crippen molar-refractivity contribution in [3.63, 3.8) is 0 Å². The number of hydrogen-bond donors (Lipinski definition) is 0. The maximum atomic E-state index is 13.9. The summed E-state index contributed by atoms with van der Waals surface area (Å²) in [5.74, 6) is -5.57. The first kappa shape index (κ1) is 21.5. The zero-order chi connectivity index (χ0) is 22.9. The third kappa shape index (κ3) is 3.06. The van der Waals surface area contributed by atoms with Crippen LogP contribution in [0.15, 0.2) is 29.3 Å². The molecule has 0 atom stereocenters. The standard InChI is InChI=1S/C14H4F9N3O4/c15-11(16,14(21,22)23)7-3-8(27)25(4-24-7)6-2-1-5-9(10(6)26(28)29)13(19,20)30-12(5,17)18/h1-4H. The van der Waals surface area contributed by atoms with Crippen LogP contribution in [0.4, 0.5) is 45.2 Å². The summed E-state index contributed by atoms with van der Waals surface area (Å²) >= 11 is 0. The summed E-state index contributed by atoms with van der Waals surface area (Å²) in [6, 6.07) is 0.317. The van der Waals surface area contributed by atoms with E-state index in [4.69, 9.17) is 0 Å². The molecule has 0 saturated heterocycles. The Morgan fingerprint density at radius 3 is 2.17 bits per heavy atom. The second-order valence-electron chi connectivity index (χ2n) is 5.80. The van der Waals surface area contributed by atoms with Gasteiger partial charge < -0.3 is 0 Å². The van der Waals surface area contributed by atoms with E-state index in [2.05, 4.69) is 9.72 Å². The second kappa shape index (κ2) is 6.16. The molecule has 162 valence electrons. The minimum atomic E-state index is -6.14. The number of nitrogens with zero attached hydrogens (tertiary/aromatic N) is 3. The first-order valence-electron chi connectivity index (χ1n) is 7.33. The molecule has 7 nitrogen and oxygen atoms in total. The molecule has 16 heteroatoms. The molecule has 0 N–H and O–H groups in total. The van der Waals surface area contributed by atoms with E-state index in [-0.39, 0.29) is 23.0 Å². The molecule has 0 unspecified atom stereocenters. The van der Waals surface area contributed by atoms with Gasteiger partial charge in [0.05, 0.1) is 10.5 Å². The summed E-state index contributed by atoms with van der Waals surface area (Å²) in [6.45, 7) is 0. The monoisotopic (exact) mass is 449 g/mol. The van der Waals surface area contributed by atoms with Gasteiger partial charge in [0.15, 0.2) is 0 Å². The minimum Gasteiger partial charge on any atom is -0.269 e. The van der Waals surface area contributed by atoms with Gasteiger partial charge >= 0.3 is 30.0 Å². The van der Waals surface area contributed by atoms with Crippen molar-refractivity contribution in [3.8, 4) is 5.69 Å². The number of benzene rings is 1. The van der Waals surface area contributed by atoms with E-state index < -0.39 is 63.0 Å². The summed E-state index contributed by atoms with van der Waals surface area (Å²) < 4.78 is 122. The summed E-state index contributed by atoms with van der Waals surface area (Å²) in [4.78, 5) is 24.4. The van der Waals surface area contributed by atoms with Gasteiger partial charge in [0, 0.05) is 6.07 Å². The van der Waals surface area contributed by atoms with Crippen molar-refractivity contribution in [2.24, 2.45) is 0 Å². The van der Waals surface area contributed by atoms with Crippen molar-refractivity contribution in [3.05, 3.63) is 61.8 Å². The Labute approximate surface area is 157 Å². The van der Waals surface area contributed by atoms with Crippen LogP contribution in [0, 0.1) is 10.1 Å². The molecule has 0 aliphatic carbocycles. The average Bonchev–Trinajstić information content (AvgIpc) is 2.77. The van der Waals surface area contributed by atoms with E-state index in [9.17, 15) is 54.4 Å². The van der Waals surface area contributed by atoms with E-state index in [1.165, 1.54) is 0 Å². The first-order valence-corrected chi connectivity index (χ1v) is 7.33. The number of nitro groups is 1. The van der Waals surface area contributed by atoms with Gasteiger partial charge in [-0.05, 0) is 12.1 Å². The maximum absolute atomic E-state index is 13.9. The minimum absolute atomic E-state index is 0.0157. The maximum Gasteiger partial charge on any atom is 0.459 e. The van der Waals surface area contributed by atoms with Crippen LogP contribution >= 0.6 is 0 Å². The lowest BCUT2D eigenvalue weighted by molar-refractivity contribution is -0.395. The largest absolute Gasteiger partial charge is 0.459 e. The highest BCUT2D eigenvalue weighted by Gasteiger charge is 2.62. The van der Waals surface area contributed by atoms with Crippen LogP contribution in [0.5, 0.6) is 0 Å². The Morgan fingerprint density at radius 1 is 1.07 bits per heavy atom. The summed E-state index contributed by atoms with van der Waals surface area (Å²) in [6.07, 6.45) is -15.7. The number of rotatable bonds is 3. The highest BCUT2D eigenvalue weighted by atomic mass is 19.4. The molecule has 1 aliphatic rings. The van der Waals surface area contributed by atoms with Crippen molar-refractivity contribution in [2.75, 3.05) is 0 Å². The quantitative estimate of drug-likeness (QED) is 0.403. The predicted molar refractivity (Wildman–Crippen MR) is 75.3 cm³/mol. The molecule has 3 rings (SSSR count). The fourth-order valence-corrected chi connectivity index (χ4v) is 2.66. The van der Waals surface area contributed by atoms with Crippen LogP contribution in [0.2, 0.25) is 0 Å². The van der Waals surface area contributed by atoms with Gasteiger partial charge in [-0.3, -0.25) is 19.5 Å². The fourth-order valence-electron chi connectivity index (χ4n) is 2.66. The summed E-state index contributed by atoms with van der Waals surface area (Å²) in [5, 5.41) is 11.3. The molecule has 2 heterocycles. The Balaban J connectivity index is 2.27. The van der Waals surface area contributed by atoms with Crippen molar-refractivity contribution < 1.29 is 49.2 Å². The molecule has 1 aromatic heterocycles. The number of fused-ring (bicyclic) bond motifs is 1. The SMILES string of the molecule is O=c1cc(C(F)(F)C(F)(F)F)ncn1-c1ccc2c(c1[N+](=O)[O-])C(F)(F)OC2(F)F. The van der Waals surface area contributed by atoms with Gasteiger partial charge in [0.1, 0.15) is 23.3 Å². The molecule has 0 saturated carbocycles. The third-order valence-electron chi connectivity index (χ3n) is 3.95. The molecular weight excluding hydrogens is 445 g/mol. The fraction of sp³-hybridized carbons (Fsp3) is 0.286. The zero-order valence-corrected chi connectivity index (χ0v) is 13.7. The predicted octanol–water partition coefficient (Wildman–Crippen LogP) is 3.92.